The van der Waals surface area contributed by atoms with Gasteiger partial charge in [0.2, 0.25) is 0 Å². The monoisotopic (exact) mass is 371 g/mol. The van der Waals surface area contributed by atoms with E-state index in [9.17, 15) is 4.79 Å². The fourth-order valence-corrected chi connectivity index (χ4v) is 4.59. The third kappa shape index (κ3) is 3.17. The van der Waals surface area contributed by atoms with Crippen LogP contribution in [-0.2, 0) is 0 Å². The summed E-state index contributed by atoms with van der Waals surface area (Å²) < 4.78 is 2.16. The van der Waals surface area contributed by atoms with E-state index >= 15 is 0 Å². The molecule has 4 nitrogen and oxygen atoms in total. The van der Waals surface area contributed by atoms with Gasteiger partial charge in [0.05, 0.1) is 10.6 Å². The molecule has 2 aliphatic rings. The molecule has 1 aromatic carbocycles. The molecule has 1 unspecified atom stereocenters. The van der Waals surface area contributed by atoms with E-state index in [1.807, 2.05) is 23.1 Å². The maximum Gasteiger partial charge on any atom is 0.255 e. The zero-order valence-electron chi connectivity index (χ0n) is 15.5. The summed E-state index contributed by atoms with van der Waals surface area (Å²) in [6, 6.07) is 10.5. The predicted octanol–water partition coefficient (Wildman–Crippen LogP) is 4.06. The number of nitrogens with zero attached hydrogens (tertiary/aromatic N) is 3. The third-order valence-electron chi connectivity index (χ3n) is 5.82. The number of carbonyl (C=O) groups is 1. The van der Waals surface area contributed by atoms with Crippen LogP contribution in [0.2, 0.25) is 5.02 Å². The highest BCUT2D eigenvalue weighted by Crippen LogP contribution is 2.27. The van der Waals surface area contributed by atoms with E-state index in [-0.39, 0.29) is 5.91 Å². The van der Waals surface area contributed by atoms with Crippen LogP contribution in [0.5, 0.6) is 0 Å². The summed E-state index contributed by atoms with van der Waals surface area (Å²) in [5, 5.41) is 0.533. The van der Waals surface area contributed by atoms with Crippen LogP contribution in [0, 0.1) is 13.8 Å². The number of rotatable bonds is 3. The van der Waals surface area contributed by atoms with Crippen molar-refractivity contribution in [2.24, 2.45) is 0 Å². The van der Waals surface area contributed by atoms with Gasteiger partial charge in [-0.2, -0.15) is 0 Å². The van der Waals surface area contributed by atoms with Crippen molar-refractivity contribution in [3.05, 3.63) is 52.3 Å². The molecule has 138 valence electrons. The number of hydrogen-bond donors (Lipinski definition) is 0. The van der Waals surface area contributed by atoms with Gasteiger partial charge in [-0.1, -0.05) is 11.6 Å². The second kappa shape index (κ2) is 7.09. The Bertz CT molecular complexity index is 803. The van der Waals surface area contributed by atoms with Crippen molar-refractivity contribution in [1.29, 1.82) is 0 Å². The Labute approximate surface area is 160 Å². The molecule has 4 rings (SSSR count). The average Bonchev–Trinajstić information content (AvgIpc) is 3.36. The highest BCUT2D eigenvalue weighted by atomic mass is 35.5. The fourth-order valence-electron chi connectivity index (χ4n) is 4.39. The quantitative estimate of drug-likeness (QED) is 0.814. The SMILES string of the molecule is Cc1ccc(C)n1-c1ccc(Cl)c(C(=O)N2CCC(N3CCCC3)C2)c1. The Hall–Kier alpha value is -1.78. The molecule has 0 aliphatic carbocycles. The van der Waals surface area contributed by atoms with E-state index in [4.69, 9.17) is 11.6 Å². The molecule has 2 saturated heterocycles. The predicted molar refractivity (Wildman–Crippen MR) is 105 cm³/mol. The molecule has 0 bridgehead atoms. The van der Waals surface area contributed by atoms with Crippen molar-refractivity contribution < 1.29 is 4.79 Å². The molecule has 26 heavy (non-hydrogen) atoms. The maximum absolute atomic E-state index is 13.1. The van der Waals surface area contributed by atoms with Crippen LogP contribution in [0.15, 0.2) is 30.3 Å². The number of amides is 1. The van der Waals surface area contributed by atoms with Crippen LogP contribution < -0.4 is 0 Å². The Balaban J connectivity index is 1.57. The van der Waals surface area contributed by atoms with Crippen LogP contribution in [0.25, 0.3) is 5.69 Å². The van der Waals surface area contributed by atoms with Gasteiger partial charge >= 0.3 is 0 Å². The van der Waals surface area contributed by atoms with Gasteiger partial charge < -0.3 is 9.47 Å². The zero-order valence-corrected chi connectivity index (χ0v) is 16.3. The number of likely N-dealkylation sites (tertiary alicyclic amines) is 2. The number of aryl methyl sites for hydroxylation is 2. The molecular formula is C21H26ClN3O. The summed E-state index contributed by atoms with van der Waals surface area (Å²) in [6.45, 7) is 8.14. The number of benzene rings is 1. The molecular weight excluding hydrogens is 346 g/mol. The first-order valence-corrected chi connectivity index (χ1v) is 9.90. The van der Waals surface area contributed by atoms with E-state index < -0.39 is 0 Å². The van der Waals surface area contributed by atoms with Crippen LogP contribution in [0.3, 0.4) is 0 Å². The van der Waals surface area contributed by atoms with Crippen LogP contribution in [0.4, 0.5) is 0 Å². The first-order chi connectivity index (χ1) is 12.5. The maximum atomic E-state index is 13.1. The Kier molecular flexibility index (Phi) is 4.80. The topological polar surface area (TPSA) is 28.5 Å². The van der Waals surface area contributed by atoms with Crippen LogP contribution >= 0.6 is 11.6 Å². The second-order valence-corrected chi connectivity index (χ2v) is 7.96. The number of carbonyl (C=O) groups excluding carboxylic acids is 1. The first-order valence-electron chi connectivity index (χ1n) is 9.53. The summed E-state index contributed by atoms with van der Waals surface area (Å²) in [5.74, 6) is 0.0565. The van der Waals surface area contributed by atoms with Gasteiger partial charge in [-0.15, -0.1) is 0 Å². The lowest BCUT2D eigenvalue weighted by molar-refractivity contribution is 0.0780. The van der Waals surface area contributed by atoms with Crippen molar-refractivity contribution in [2.45, 2.75) is 39.2 Å². The van der Waals surface area contributed by atoms with Crippen molar-refractivity contribution in [3.8, 4) is 5.69 Å². The van der Waals surface area contributed by atoms with E-state index in [1.165, 1.54) is 25.9 Å². The Morgan fingerprint density at radius 2 is 1.73 bits per heavy atom. The Morgan fingerprint density at radius 3 is 2.42 bits per heavy atom. The molecule has 1 atom stereocenters. The highest BCUT2D eigenvalue weighted by molar-refractivity contribution is 6.33. The largest absolute Gasteiger partial charge is 0.337 e. The van der Waals surface area contributed by atoms with Crippen molar-refractivity contribution in [2.75, 3.05) is 26.2 Å². The number of aromatic nitrogens is 1. The van der Waals surface area contributed by atoms with Crippen molar-refractivity contribution >= 4 is 17.5 Å². The van der Waals surface area contributed by atoms with E-state index in [0.717, 1.165) is 36.6 Å². The molecule has 1 aromatic heterocycles. The lowest BCUT2D eigenvalue weighted by Crippen LogP contribution is -2.37. The molecule has 2 fully saturated rings. The molecule has 1 amide bonds. The lowest BCUT2D eigenvalue weighted by Gasteiger charge is -2.24. The molecule has 0 saturated carbocycles. The van der Waals surface area contributed by atoms with Crippen LogP contribution in [0.1, 0.15) is 41.0 Å². The minimum Gasteiger partial charge on any atom is -0.337 e. The van der Waals surface area contributed by atoms with Gasteiger partial charge in [-0.25, -0.2) is 0 Å². The number of hydrogen-bond acceptors (Lipinski definition) is 2. The molecule has 2 aromatic rings. The third-order valence-corrected chi connectivity index (χ3v) is 6.15. The van der Waals surface area contributed by atoms with Crippen LogP contribution in [-0.4, -0.2) is 52.5 Å². The zero-order chi connectivity index (χ0) is 18.3. The minimum absolute atomic E-state index is 0.0565. The normalized spacial score (nSPS) is 20.9. The van der Waals surface area contributed by atoms with Gasteiger partial charge in [0, 0.05) is 36.2 Å². The summed E-state index contributed by atoms with van der Waals surface area (Å²) in [5.41, 5.74) is 3.91. The van der Waals surface area contributed by atoms with Gasteiger partial charge in [0.25, 0.3) is 5.91 Å². The molecule has 2 aliphatic heterocycles. The van der Waals surface area contributed by atoms with E-state index in [2.05, 4.69) is 35.4 Å². The highest BCUT2D eigenvalue weighted by Gasteiger charge is 2.32. The lowest BCUT2D eigenvalue weighted by atomic mass is 10.1. The fraction of sp³-hybridized carbons (Fsp3) is 0.476. The Morgan fingerprint density at radius 1 is 1.04 bits per heavy atom. The van der Waals surface area contributed by atoms with Gasteiger partial charge in [-0.3, -0.25) is 9.69 Å². The molecule has 0 spiro atoms. The average molecular weight is 372 g/mol. The smallest absolute Gasteiger partial charge is 0.255 e. The number of halogens is 1. The minimum atomic E-state index is 0.0565. The van der Waals surface area contributed by atoms with Gasteiger partial charge in [-0.05, 0) is 76.5 Å². The summed E-state index contributed by atoms with van der Waals surface area (Å²) in [4.78, 5) is 17.6. The summed E-state index contributed by atoms with van der Waals surface area (Å²) in [7, 11) is 0. The molecule has 5 heteroatoms. The summed E-state index contributed by atoms with van der Waals surface area (Å²) >= 11 is 6.41. The molecule has 3 heterocycles. The standard InChI is InChI=1S/C21H26ClN3O/c1-15-5-6-16(2)25(15)17-7-8-20(22)19(13-17)21(26)24-12-9-18(14-24)23-10-3-4-11-23/h5-8,13,18H,3-4,9-12,14H2,1-2H3. The van der Waals surface area contributed by atoms with Gasteiger partial charge in [0.1, 0.15) is 0 Å². The first kappa shape index (κ1) is 17.6. The van der Waals surface area contributed by atoms with Crippen molar-refractivity contribution in [1.82, 2.24) is 14.4 Å². The molecule has 0 radical (unpaired) electrons. The van der Waals surface area contributed by atoms with E-state index in [0.29, 0.717) is 16.6 Å². The molecule has 0 N–H and O–H groups in total. The van der Waals surface area contributed by atoms with E-state index in [1.54, 1.807) is 0 Å². The second-order valence-electron chi connectivity index (χ2n) is 7.55. The summed E-state index contributed by atoms with van der Waals surface area (Å²) in [6.07, 6.45) is 3.64. The van der Waals surface area contributed by atoms with Gasteiger partial charge in [0.15, 0.2) is 0 Å². The van der Waals surface area contributed by atoms with Crippen molar-refractivity contribution in [3.63, 3.8) is 0 Å².